The maximum absolute atomic E-state index is 12.2. The number of ether oxygens (including phenoxy) is 2. The number of hydrogen-bond donors (Lipinski definition) is 0. The van der Waals surface area contributed by atoms with Crippen molar-refractivity contribution in [1.29, 1.82) is 0 Å². The Morgan fingerprint density at radius 1 is 1.38 bits per heavy atom. The van der Waals surface area contributed by atoms with E-state index in [2.05, 4.69) is 4.74 Å². The third-order valence-corrected chi connectivity index (χ3v) is 3.55. The van der Waals surface area contributed by atoms with Crippen molar-refractivity contribution in [3.63, 3.8) is 0 Å². The lowest BCUT2D eigenvalue weighted by molar-refractivity contribution is -0.160. The van der Waals surface area contributed by atoms with Crippen LogP contribution < -0.4 is 4.90 Å². The van der Waals surface area contributed by atoms with Crippen LogP contribution in [-0.2, 0) is 15.9 Å². The highest BCUT2D eigenvalue weighted by atomic mass is 19.4. The van der Waals surface area contributed by atoms with Gasteiger partial charge in [0.15, 0.2) is 6.61 Å². The van der Waals surface area contributed by atoms with E-state index in [1.807, 2.05) is 12.1 Å². The number of rotatable bonds is 2. The summed E-state index contributed by atoms with van der Waals surface area (Å²) in [7, 11) is 1.41. The lowest BCUT2D eigenvalue weighted by atomic mass is 9.94. The Kier molecular flexibility index (Phi) is 4.13. The molecule has 4 nitrogen and oxygen atoms in total. The van der Waals surface area contributed by atoms with Crippen LogP contribution in [0.5, 0.6) is 0 Å². The summed E-state index contributed by atoms with van der Waals surface area (Å²) in [5.74, 6) is 0. The van der Waals surface area contributed by atoms with Crippen LogP contribution in [0.25, 0.3) is 0 Å². The molecule has 1 amide bonds. The molecule has 7 heteroatoms. The minimum absolute atomic E-state index is 0.474. The number of aryl methyl sites for hydroxylation is 1. The molecular weight excluding hydrogens is 287 g/mol. The molecule has 0 aliphatic carbocycles. The number of hydrogen-bond acceptors (Lipinski definition) is 3. The van der Waals surface area contributed by atoms with E-state index >= 15 is 0 Å². The van der Waals surface area contributed by atoms with E-state index < -0.39 is 24.6 Å². The van der Waals surface area contributed by atoms with Gasteiger partial charge in [0.05, 0.1) is 5.69 Å². The molecule has 0 fully saturated rings. The fourth-order valence-electron chi connectivity index (χ4n) is 2.37. The van der Waals surface area contributed by atoms with Gasteiger partial charge in [0.1, 0.15) is 5.72 Å². The van der Waals surface area contributed by atoms with Crippen LogP contribution in [0.3, 0.4) is 0 Å². The van der Waals surface area contributed by atoms with Gasteiger partial charge in [0.25, 0.3) is 0 Å². The standard InChI is InChI=1S/C14H16F3NO3/c1-13(20-2)8-7-10-5-3-4-6-11(10)18(13)12(19)21-9-14(15,16)17/h3-6H,7-9H2,1-2H3. The smallest absolute Gasteiger partial charge is 0.422 e. The van der Waals surface area contributed by atoms with Crippen molar-refractivity contribution in [2.45, 2.75) is 31.7 Å². The number of para-hydroxylation sites is 1. The van der Waals surface area contributed by atoms with Crippen molar-refractivity contribution in [2.24, 2.45) is 0 Å². The van der Waals surface area contributed by atoms with Crippen LogP contribution in [0.15, 0.2) is 24.3 Å². The Labute approximate surface area is 120 Å². The third kappa shape index (κ3) is 3.29. The van der Waals surface area contributed by atoms with Crippen molar-refractivity contribution in [2.75, 3.05) is 18.6 Å². The summed E-state index contributed by atoms with van der Waals surface area (Å²) in [5, 5.41) is 0. The molecular formula is C14H16F3NO3. The fraction of sp³-hybridized carbons (Fsp3) is 0.500. The van der Waals surface area contributed by atoms with Crippen molar-refractivity contribution >= 4 is 11.8 Å². The molecule has 1 aromatic rings. The zero-order valence-corrected chi connectivity index (χ0v) is 11.7. The van der Waals surface area contributed by atoms with Gasteiger partial charge in [-0.05, 0) is 31.4 Å². The van der Waals surface area contributed by atoms with Crippen molar-refractivity contribution in [3.05, 3.63) is 29.8 Å². The van der Waals surface area contributed by atoms with Gasteiger partial charge in [-0.2, -0.15) is 13.2 Å². The second-order valence-corrected chi connectivity index (χ2v) is 5.01. The second kappa shape index (κ2) is 5.55. The normalized spacial score (nSPS) is 21.9. The molecule has 2 rings (SSSR count). The number of benzene rings is 1. The largest absolute Gasteiger partial charge is 0.439 e. The van der Waals surface area contributed by atoms with Gasteiger partial charge < -0.3 is 9.47 Å². The lowest BCUT2D eigenvalue weighted by Gasteiger charge is -2.43. The highest BCUT2D eigenvalue weighted by molar-refractivity contribution is 5.90. The fourth-order valence-corrected chi connectivity index (χ4v) is 2.37. The topological polar surface area (TPSA) is 38.8 Å². The lowest BCUT2D eigenvalue weighted by Crippen LogP contribution is -2.54. The number of anilines is 1. The second-order valence-electron chi connectivity index (χ2n) is 5.01. The number of nitrogens with zero attached hydrogens (tertiary/aromatic N) is 1. The summed E-state index contributed by atoms with van der Waals surface area (Å²) < 4.78 is 46.4. The van der Waals surface area contributed by atoms with E-state index in [1.165, 1.54) is 7.11 Å². The van der Waals surface area contributed by atoms with E-state index in [4.69, 9.17) is 4.74 Å². The SMILES string of the molecule is COC1(C)CCc2ccccc2N1C(=O)OCC(F)(F)F. The molecule has 0 bridgehead atoms. The minimum Gasteiger partial charge on any atom is -0.439 e. The van der Waals surface area contributed by atoms with Crippen LogP contribution in [-0.4, -0.2) is 31.7 Å². The molecule has 0 spiro atoms. The predicted octanol–water partition coefficient (Wildman–Crippen LogP) is 3.50. The van der Waals surface area contributed by atoms with Crippen LogP contribution in [0, 0.1) is 0 Å². The molecule has 0 saturated heterocycles. The van der Waals surface area contributed by atoms with Crippen LogP contribution in [0.2, 0.25) is 0 Å². The van der Waals surface area contributed by atoms with E-state index in [-0.39, 0.29) is 0 Å². The van der Waals surface area contributed by atoms with Crippen molar-refractivity contribution in [3.8, 4) is 0 Å². The first kappa shape index (κ1) is 15.6. The molecule has 1 atom stereocenters. The molecule has 1 aromatic carbocycles. The average molecular weight is 303 g/mol. The zero-order chi connectivity index (χ0) is 15.7. The Morgan fingerprint density at radius 2 is 2.05 bits per heavy atom. The molecule has 1 aliphatic heterocycles. The Bertz CT molecular complexity index is 532. The number of methoxy groups -OCH3 is 1. The molecule has 0 radical (unpaired) electrons. The Morgan fingerprint density at radius 3 is 2.67 bits per heavy atom. The van der Waals surface area contributed by atoms with Gasteiger partial charge in [-0.1, -0.05) is 18.2 Å². The summed E-state index contributed by atoms with van der Waals surface area (Å²) >= 11 is 0. The van der Waals surface area contributed by atoms with E-state index in [9.17, 15) is 18.0 Å². The van der Waals surface area contributed by atoms with Crippen molar-refractivity contribution in [1.82, 2.24) is 0 Å². The molecule has 116 valence electrons. The first-order chi connectivity index (χ1) is 9.77. The summed E-state index contributed by atoms with van der Waals surface area (Å²) in [6, 6.07) is 7.02. The third-order valence-electron chi connectivity index (χ3n) is 3.55. The number of carbonyl (C=O) groups is 1. The molecule has 0 saturated carbocycles. The quantitative estimate of drug-likeness (QED) is 0.839. The van der Waals surface area contributed by atoms with Gasteiger partial charge in [0, 0.05) is 7.11 Å². The monoisotopic (exact) mass is 303 g/mol. The van der Waals surface area contributed by atoms with E-state index in [0.29, 0.717) is 18.5 Å². The number of carbonyl (C=O) groups excluding carboxylic acids is 1. The first-order valence-corrected chi connectivity index (χ1v) is 6.44. The van der Waals surface area contributed by atoms with Gasteiger partial charge in [-0.3, -0.25) is 0 Å². The van der Waals surface area contributed by atoms with Gasteiger partial charge in [-0.25, -0.2) is 9.69 Å². The predicted molar refractivity (Wildman–Crippen MR) is 70.1 cm³/mol. The first-order valence-electron chi connectivity index (χ1n) is 6.44. The van der Waals surface area contributed by atoms with Gasteiger partial charge >= 0.3 is 12.3 Å². The molecule has 1 unspecified atom stereocenters. The van der Waals surface area contributed by atoms with Gasteiger partial charge in [-0.15, -0.1) is 0 Å². The zero-order valence-electron chi connectivity index (χ0n) is 11.7. The van der Waals surface area contributed by atoms with E-state index in [0.717, 1.165) is 10.5 Å². The van der Waals surface area contributed by atoms with Crippen LogP contribution in [0.1, 0.15) is 18.9 Å². The summed E-state index contributed by atoms with van der Waals surface area (Å²) in [4.78, 5) is 13.3. The Hall–Kier alpha value is -1.76. The number of halogens is 3. The maximum atomic E-state index is 12.2. The molecule has 0 aromatic heterocycles. The van der Waals surface area contributed by atoms with Crippen LogP contribution >= 0.6 is 0 Å². The molecule has 21 heavy (non-hydrogen) atoms. The average Bonchev–Trinajstić information content (AvgIpc) is 2.44. The summed E-state index contributed by atoms with van der Waals surface area (Å²) in [5.41, 5.74) is 0.355. The van der Waals surface area contributed by atoms with Gasteiger partial charge in [0.2, 0.25) is 0 Å². The highest BCUT2D eigenvalue weighted by Crippen LogP contribution is 2.37. The molecule has 1 heterocycles. The minimum atomic E-state index is -4.56. The number of alkyl halides is 3. The number of fused-ring (bicyclic) bond motifs is 1. The molecule has 0 N–H and O–H groups in total. The van der Waals surface area contributed by atoms with Crippen molar-refractivity contribution < 1.29 is 27.4 Å². The summed E-state index contributed by atoms with van der Waals surface area (Å²) in [6.45, 7) is 0.0298. The van der Waals surface area contributed by atoms with E-state index in [1.54, 1.807) is 19.1 Å². The summed E-state index contributed by atoms with van der Waals surface area (Å²) in [6.07, 6.45) is -4.48. The highest BCUT2D eigenvalue weighted by Gasteiger charge is 2.43. The van der Waals surface area contributed by atoms with Crippen LogP contribution in [0.4, 0.5) is 23.7 Å². The Balaban J connectivity index is 2.30. The number of amides is 1. The maximum Gasteiger partial charge on any atom is 0.422 e. The molecule has 1 aliphatic rings.